The van der Waals surface area contributed by atoms with Gasteiger partial charge in [0.25, 0.3) is 0 Å². The van der Waals surface area contributed by atoms with Crippen LogP contribution in [0.1, 0.15) is 52.7 Å². The molecule has 0 atom stereocenters. The van der Waals surface area contributed by atoms with Gasteiger partial charge in [-0.25, -0.2) is 0 Å². The number of fused-ring (bicyclic) bond motifs is 7. The molecule has 0 amide bonds. The molecule has 0 saturated heterocycles. The summed E-state index contributed by atoms with van der Waals surface area (Å²) in [5.41, 5.74) is 8.03. The molecule has 0 N–H and O–H groups in total. The van der Waals surface area contributed by atoms with Crippen LogP contribution in [0, 0.1) is 5.41 Å². The summed E-state index contributed by atoms with van der Waals surface area (Å²) in [7, 11) is 0. The Labute approximate surface area is 211 Å². The zero-order chi connectivity index (χ0) is 25.0. The van der Waals surface area contributed by atoms with Gasteiger partial charge in [0.1, 0.15) is 0 Å². The highest BCUT2D eigenvalue weighted by Gasteiger charge is 2.24. The first-order chi connectivity index (χ1) is 17.1. The van der Waals surface area contributed by atoms with E-state index in [1.807, 2.05) is 6.20 Å². The fraction of sp³-hybridized carbons (Fsp3) is 0.265. The lowest BCUT2D eigenvalue weighted by molar-refractivity contribution is 0.413. The first-order valence-corrected chi connectivity index (χ1v) is 13.0. The van der Waals surface area contributed by atoms with E-state index in [1.165, 1.54) is 65.4 Å². The SMILES string of the molecule is CC(C)(C)Cc1c2ccc(C(C)(C)C)cc2cc2c3nccc4ccc5c6ccccc6n(c12)c5c43. The fourth-order valence-electron chi connectivity index (χ4n) is 6.24. The van der Waals surface area contributed by atoms with Crippen LogP contribution in [0.25, 0.3) is 59.8 Å². The fourth-order valence-corrected chi connectivity index (χ4v) is 6.24. The standard InChI is InChI=1S/C34H32N2/c1-33(2,3)19-27-23-14-12-22(34(4,5)6)17-21(23)18-26-30-29-20(15-16-35-30)11-13-25-24-9-7-8-10-28(24)36(31(26)27)32(25)29/h7-18H,19H2,1-6H3. The molecule has 2 heteroatoms. The molecule has 7 aromatic rings. The summed E-state index contributed by atoms with van der Waals surface area (Å²) in [4.78, 5) is 5.03. The van der Waals surface area contributed by atoms with Crippen LogP contribution in [0.4, 0.5) is 0 Å². The third-order valence-corrected chi connectivity index (χ3v) is 7.83. The molecule has 0 aliphatic heterocycles. The van der Waals surface area contributed by atoms with E-state index in [9.17, 15) is 0 Å². The van der Waals surface area contributed by atoms with Crippen molar-refractivity contribution in [2.24, 2.45) is 5.41 Å². The molecule has 0 fully saturated rings. The van der Waals surface area contributed by atoms with Gasteiger partial charge in [-0.15, -0.1) is 0 Å². The monoisotopic (exact) mass is 468 g/mol. The molecule has 0 unspecified atom stereocenters. The van der Waals surface area contributed by atoms with E-state index in [1.54, 1.807) is 0 Å². The highest BCUT2D eigenvalue weighted by Crippen LogP contribution is 2.44. The lowest BCUT2D eigenvalue weighted by atomic mass is 9.82. The Balaban J connectivity index is 1.82. The van der Waals surface area contributed by atoms with Crippen LogP contribution in [0.2, 0.25) is 0 Å². The number of pyridine rings is 2. The highest BCUT2D eigenvalue weighted by molar-refractivity contribution is 6.28. The number of rotatable bonds is 1. The zero-order valence-electron chi connectivity index (χ0n) is 22.0. The van der Waals surface area contributed by atoms with Crippen molar-refractivity contribution in [3.05, 3.63) is 84.1 Å². The van der Waals surface area contributed by atoms with E-state index < -0.39 is 0 Å². The van der Waals surface area contributed by atoms with Gasteiger partial charge >= 0.3 is 0 Å². The quantitative estimate of drug-likeness (QED) is 0.173. The first kappa shape index (κ1) is 21.6. The maximum Gasteiger partial charge on any atom is 0.0823 e. The largest absolute Gasteiger partial charge is 0.308 e. The third-order valence-electron chi connectivity index (χ3n) is 7.83. The maximum absolute atomic E-state index is 5.03. The minimum atomic E-state index is 0.0991. The van der Waals surface area contributed by atoms with Crippen molar-refractivity contribution in [1.82, 2.24) is 9.38 Å². The molecule has 0 saturated carbocycles. The van der Waals surface area contributed by atoms with Gasteiger partial charge in [-0.05, 0) is 62.7 Å². The highest BCUT2D eigenvalue weighted by atomic mass is 14.9. The molecule has 4 aromatic carbocycles. The van der Waals surface area contributed by atoms with Crippen molar-refractivity contribution < 1.29 is 0 Å². The minimum Gasteiger partial charge on any atom is -0.308 e. The average Bonchev–Trinajstić information content (AvgIpc) is 3.16. The Morgan fingerprint density at radius 3 is 2.25 bits per heavy atom. The van der Waals surface area contributed by atoms with Crippen LogP contribution >= 0.6 is 0 Å². The molecule has 2 nitrogen and oxygen atoms in total. The summed E-state index contributed by atoms with van der Waals surface area (Å²) in [5.74, 6) is 0. The molecule has 36 heavy (non-hydrogen) atoms. The number of nitrogens with zero attached hydrogens (tertiary/aromatic N) is 2. The van der Waals surface area contributed by atoms with Crippen molar-refractivity contribution in [2.75, 3.05) is 0 Å². The molecule has 3 heterocycles. The van der Waals surface area contributed by atoms with Gasteiger partial charge in [0.05, 0.1) is 22.1 Å². The van der Waals surface area contributed by atoms with E-state index in [2.05, 4.69) is 113 Å². The molecule has 0 bridgehead atoms. The van der Waals surface area contributed by atoms with Gasteiger partial charge < -0.3 is 4.40 Å². The van der Waals surface area contributed by atoms with Crippen molar-refractivity contribution >= 4 is 59.8 Å². The molecule has 0 aliphatic carbocycles. The van der Waals surface area contributed by atoms with Gasteiger partial charge in [-0.2, -0.15) is 0 Å². The van der Waals surface area contributed by atoms with E-state index in [-0.39, 0.29) is 10.8 Å². The van der Waals surface area contributed by atoms with Crippen molar-refractivity contribution in [3.8, 4) is 0 Å². The Morgan fingerprint density at radius 1 is 0.694 bits per heavy atom. The molecule has 0 aliphatic rings. The van der Waals surface area contributed by atoms with Crippen LogP contribution in [0.15, 0.2) is 72.9 Å². The minimum absolute atomic E-state index is 0.0991. The van der Waals surface area contributed by atoms with Crippen LogP contribution in [0.5, 0.6) is 0 Å². The zero-order valence-corrected chi connectivity index (χ0v) is 22.0. The summed E-state index contributed by atoms with van der Waals surface area (Å²) in [6, 6.07) is 25.1. The predicted octanol–water partition coefficient (Wildman–Crippen LogP) is 9.42. The number of benzene rings is 4. The summed E-state index contributed by atoms with van der Waals surface area (Å²) in [6.45, 7) is 13.9. The molecule has 3 aromatic heterocycles. The molecular formula is C34H32N2. The van der Waals surface area contributed by atoms with Gasteiger partial charge in [0, 0.05) is 27.7 Å². The molecular weight excluding hydrogens is 436 g/mol. The van der Waals surface area contributed by atoms with Gasteiger partial charge in [0.15, 0.2) is 0 Å². The van der Waals surface area contributed by atoms with Crippen LogP contribution in [-0.2, 0) is 11.8 Å². The lowest BCUT2D eigenvalue weighted by Gasteiger charge is -2.25. The third kappa shape index (κ3) is 2.94. The number of aromatic nitrogens is 2. The second-order valence-corrected chi connectivity index (χ2v) is 12.7. The molecule has 0 spiro atoms. The first-order valence-electron chi connectivity index (χ1n) is 13.0. The smallest absolute Gasteiger partial charge is 0.0823 e. The van der Waals surface area contributed by atoms with E-state index in [0.29, 0.717) is 0 Å². The van der Waals surface area contributed by atoms with E-state index in [0.717, 1.165) is 11.9 Å². The van der Waals surface area contributed by atoms with Crippen molar-refractivity contribution in [1.29, 1.82) is 0 Å². The normalized spacial score (nSPS) is 13.4. The van der Waals surface area contributed by atoms with Crippen LogP contribution < -0.4 is 0 Å². The maximum atomic E-state index is 5.03. The summed E-state index contributed by atoms with van der Waals surface area (Å²) < 4.78 is 2.55. The summed E-state index contributed by atoms with van der Waals surface area (Å²) in [6.07, 6.45) is 2.97. The van der Waals surface area contributed by atoms with Gasteiger partial charge in [-0.1, -0.05) is 90.1 Å². The Hall–Kier alpha value is -3.65. The van der Waals surface area contributed by atoms with Crippen molar-refractivity contribution in [2.45, 2.75) is 53.4 Å². The molecule has 178 valence electrons. The average molecular weight is 469 g/mol. The molecule has 7 rings (SSSR count). The lowest BCUT2D eigenvalue weighted by Crippen LogP contribution is -2.13. The summed E-state index contributed by atoms with van der Waals surface area (Å²) >= 11 is 0. The second-order valence-electron chi connectivity index (χ2n) is 12.7. The Bertz CT molecular complexity index is 1970. The summed E-state index contributed by atoms with van der Waals surface area (Å²) in [5, 5.41) is 9.06. The van der Waals surface area contributed by atoms with E-state index >= 15 is 0 Å². The predicted molar refractivity (Wildman–Crippen MR) is 156 cm³/mol. The van der Waals surface area contributed by atoms with Crippen LogP contribution in [0.3, 0.4) is 0 Å². The number of hydrogen-bond acceptors (Lipinski definition) is 1. The topological polar surface area (TPSA) is 17.3 Å². The number of hydrogen-bond donors (Lipinski definition) is 0. The van der Waals surface area contributed by atoms with Crippen molar-refractivity contribution in [3.63, 3.8) is 0 Å². The Morgan fingerprint density at radius 2 is 1.47 bits per heavy atom. The number of para-hydroxylation sites is 1. The molecule has 0 radical (unpaired) electrons. The van der Waals surface area contributed by atoms with E-state index in [4.69, 9.17) is 4.98 Å². The Kier molecular flexibility index (Phi) is 4.19. The van der Waals surface area contributed by atoms with Gasteiger partial charge in [0.2, 0.25) is 0 Å². The van der Waals surface area contributed by atoms with Crippen LogP contribution in [-0.4, -0.2) is 9.38 Å². The van der Waals surface area contributed by atoms with Gasteiger partial charge in [-0.3, -0.25) is 4.98 Å². The second kappa shape index (κ2) is 6.97.